The van der Waals surface area contributed by atoms with Gasteiger partial charge >= 0.3 is 0 Å². The van der Waals surface area contributed by atoms with E-state index in [1.807, 2.05) is 12.2 Å². The topological polar surface area (TPSA) is 29.1 Å². The maximum Gasteiger partial charge on any atom is 0.161 e. The molecule has 10 heavy (non-hydrogen) atoms. The normalized spacial score (nSPS) is 15.7. The monoisotopic (exact) mass is 139 g/mol. The van der Waals surface area contributed by atoms with E-state index in [1.165, 1.54) is 0 Å². The first-order chi connectivity index (χ1) is 4.33. The fraction of sp³-hybridized carbons (Fsp3) is 0.375. The van der Waals surface area contributed by atoms with Gasteiger partial charge in [-0.25, -0.2) is 0 Å². The summed E-state index contributed by atoms with van der Waals surface area (Å²) in [6.45, 7) is 0. The van der Waals surface area contributed by atoms with Gasteiger partial charge in [-0.15, -0.1) is 0 Å². The van der Waals surface area contributed by atoms with E-state index in [9.17, 15) is 4.79 Å². The second-order valence-corrected chi connectivity index (χ2v) is 1.92. The molecular formula is C8H13NO. The van der Waals surface area contributed by atoms with Crippen LogP contribution in [-0.4, -0.2) is 12.8 Å². The summed E-state index contributed by atoms with van der Waals surface area (Å²) in [5.74, 6) is 0.168. The minimum atomic E-state index is 0. The molecule has 0 radical (unpaired) electrons. The van der Waals surface area contributed by atoms with Gasteiger partial charge < -0.3 is 5.32 Å². The summed E-state index contributed by atoms with van der Waals surface area (Å²) in [7, 11) is 1.80. The Bertz CT molecular complexity index is 180. The van der Waals surface area contributed by atoms with Gasteiger partial charge in [0.15, 0.2) is 5.78 Å². The van der Waals surface area contributed by atoms with Crippen LogP contribution in [0.5, 0.6) is 0 Å². The largest absolute Gasteiger partial charge is 0.388 e. The Hall–Kier alpha value is -1.05. The average Bonchev–Trinajstić information content (AvgIpc) is 1.88. The van der Waals surface area contributed by atoms with E-state index < -0.39 is 0 Å². The molecule has 0 amide bonds. The van der Waals surface area contributed by atoms with Crippen molar-refractivity contribution in [1.82, 2.24) is 5.32 Å². The van der Waals surface area contributed by atoms with Crippen LogP contribution in [0.4, 0.5) is 0 Å². The molecule has 0 aromatic heterocycles. The lowest BCUT2D eigenvalue weighted by Gasteiger charge is -2.02. The van der Waals surface area contributed by atoms with Crippen molar-refractivity contribution in [3.8, 4) is 0 Å². The molecular weight excluding hydrogens is 126 g/mol. The number of carbonyl (C=O) groups is 1. The van der Waals surface area contributed by atoms with Gasteiger partial charge in [-0.3, -0.25) is 4.79 Å². The molecule has 0 spiro atoms. The van der Waals surface area contributed by atoms with Crippen molar-refractivity contribution in [2.75, 3.05) is 7.05 Å². The third-order valence-electron chi connectivity index (χ3n) is 1.22. The SMILES string of the molecule is C.CNC1=CC(=O)CC=C1. The smallest absolute Gasteiger partial charge is 0.161 e. The van der Waals surface area contributed by atoms with E-state index in [0.717, 1.165) is 5.70 Å². The molecule has 0 heterocycles. The Labute approximate surface area is 61.6 Å². The lowest BCUT2D eigenvalue weighted by molar-refractivity contribution is -0.113. The van der Waals surface area contributed by atoms with E-state index in [4.69, 9.17) is 0 Å². The van der Waals surface area contributed by atoms with Gasteiger partial charge in [0.05, 0.1) is 0 Å². The number of nitrogens with one attached hydrogen (secondary N) is 1. The molecule has 0 unspecified atom stereocenters. The summed E-state index contributed by atoms with van der Waals surface area (Å²) in [5.41, 5.74) is 0.895. The van der Waals surface area contributed by atoms with Crippen LogP contribution in [-0.2, 0) is 4.79 Å². The molecule has 0 saturated carbocycles. The van der Waals surface area contributed by atoms with Crippen molar-refractivity contribution in [3.63, 3.8) is 0 Å². The predicted molar refractivity (Wildman–Crippen MR) is 42.6 cm³/mol. The molecule has 2 nitrogen and oxygen atoms in total. The zero-order valence-corrected chi connectivity index (χ0v) is 5.35. The van der Waals surface area contributed by atoms with Crippen LogP contribution in [0, 0.1) is 0 Å². The van der Waals surface area contributed by atoms with Crippen molar-refractivity contribution in [2.45, 2.75) is 13.8 Å². The van der Waals surface area contributed by atoms with Crippen LogP contribution in [0.2, 0.25) is 0 Å². The van der Waals surface area contributed by atoms with Gasteiger partial charge in [-0.1, -0.05) is 13.5 Å². The molecule has 0 aromatic rings. The fourth-order valence-electron chi connectivity index (χ4n) is 0.738. The average molecular weight is 139 g/mol. The quantitative estimate of drug-likeness (QED) is 0.592. The standard InChI is InChI=1S/C7H9NO.CH4/c1-8-6-3-2-4-7(9)5-6;/h2-3,5,8H,4H2,1H3;1H4. The van der Waals surface area contributed by atoms with E-state index >= 15 is 0 Å². The number of ketones is 1. The van der Waals surface area contributed by atoms with Gasteiger partial charge in [0.1, 0.15) is 0 Å². The summed E-state index contributed by atoms with van der Waals surface area (Å²) >= 11 is 0. The molecule has 0 bridgehead atoms. The Kier molecular flexibility index (Phi) is 3.47. The van der Waals surface area contributed by atoms with Crippen molar-refractivity contribution < 1.29 is 4.79 Å². The Balaban J connectivity index is 0.000000810. The van der Waals surface area contributed by atoms with E-state index in [2.05, 4.69) is 5.32 Å². The molecule has 0 fully saturated rings. The predicted octanol–water partition coefficient (Wildman–Crippen LogP) is 1.25. The van der Waals surface area contributed by atoms with Gasteiger partial charge in [0.2, 0.25) is 0 Å². The van der Waals surface area contributed by atoms with Gasteiger partial charge in [-0.05, 0) is 6.08 Å². The third-order valence-corrected chi connectivity index (χ3v) is 1.22. The Morgan fingerprint density at radius 2 is 2.30 bits per heavy atom. The second-order valence-electron chi connectivity index (χ2n) is 1.92. The first-order valence-electron chi connectivity index (χ1n) is 2.92. The molecule has 0 atom stereocenters. The molecule has 1 aliphatic carbocycles. The number of rotatable bonds is 1. The number of hydrogen-bond acceptors (Lipinski definition) is 2. The van der Waals surface area contributed by atoms with Gasteiger partial charge in [0, 0.05) is 25.2 Å². The summed E-state index contributed by atoms with van der Waals surface area (Å²) in [6.07, 6.45) is 5.92. The molecule has 1 N–H and O–H groups in total. The highest BCUT2D eigenvalue weighted by Gasteiger charge is 2.00. The minimum Gasteiger partial charge on any atom is -0.388 e. The number of carbonyl (C=O) groups excluding carboxylic acids is 1. The third kappa shape index (κ3) is 2.05. The molecule has 2 heteroatoms. The van der Waals surface area contributed by atoms with Crippen LogP contribution in [0.15, 0.2) is 23.9 Å². The maximum absolute atomic E-state index is 10.7. The summed E-state index contributed by atoms with van der Waals surface area (Å²) in [6, 6.07) is 0. The summed E-state index contributed by atoms with van der Waals surface area (Å²) in [5, 5.41) is 2.89. The molecule has 0 aromatic carbocycles. The summed E-state index contributed by atoms with van der Waals surface area (Å²) < 4.78 is 0. The van der Waals surface area contributed by atoms with Crippen LogP contribution < -0.4 is 5.32 Å². The zero-order chi connectivity index (χ0) is 6.69. The summed E-state index contributed by atoms with van der Waals surface area (Å²) in [4.78, 5) is 10.7. The lowest BCUT2D eigenvalue weighted by atomic mass is 10.1. The number of allylic oxidation sites excluding steroid dienone is 3. The Morgan fingerprint density at radius 3 is 2.70 bits per heavy atom. The molecule has 0 aliphatic heterocycles. The Morgan fingerprint density at radius 1 is 1.60 bits per heavy atom. The highest BCUT2D eigenvalue weighted by molar-refractivity contribution is 5.92. The van der Waals surface area contributed by atoms with Crippen molar-refractivity contribution in [2.24, 2.45) is 0 Å². The first-order valence-corrected chi connectivity index (χ1v) is 2.92. The molecule has 1 aliphatic rings. The molecule has 0 saturated heterocycles. The molecule has 56 valence electrons. The lowest BCUT2D eigenvalue weighted by Crippen LogP contribution is -2.08. The van der Waals surface area contributed by atoms with Crippen LogP contribution in [0.1, 0.15) is 13.8 Å². The molecule has 1 rings (SSSR count). The maximum atomic E-state index is 10.7. The first kappa shape index (κ1) is 8.95. The number of likely N-dealkylation sites (N-methyl/N-ethyl adjacent to an activating group) is 1. The highest BCUT2D eigenvalue weighted by atomic mass is 16.1. The van der Waals surface area contributed by atoms with Crippen LogP contribution in [0.25, 0.3) is 0 Å². The number of hydrogen-bond donors (Lipinski definition) is 1. The van der Waals surface area contributed by atoms with Crippen molar-refractivity contribution >= 4 is 5.78 Å². The van der Waals surface area contributed by atoms with Crippen LogP contribution >= 0.6 is 0 Å². The van der Waals surface area contributed by atoms with Crippen LogP contribution in [0.3, 0.4) is 0 Å². The minimum absolute atomic E-state index is 0. The van der Waals surface area contributed by atoms with Crippen molar-refractivity contribution in [1.29, 1.82) is 0 Å². The zero-order valence-electron chi connectivity index (χ0n) is 5.35. The fourth-order valence-corrected chi connectivity index (χ4v) is 0.738. The van der Waals surface area contributed by atoms with E-state index in [0.29, 0.717) is 6.42 Å². The second kappa shape index (κ2) is 3.88. The van der Waals surface area contributed by atoms with Gasteiger partial charge in [-0.2, -0.15) is 0 Å². The van der Waals surface area contributed by atoms with E-state index in [-0.39, 0.29) is 13.2 Å². The van der Waals surface area contributed by atoms with E-state index in [1.54, 1.807) is 13.1 Å². The van der Waals surface area contributed by atoms with Crippen molar-refractivity contribution in [3.05, 3.63) is 23.9 Å². The highest BCUT2D eigenvalue weighted by Crippen LogP contribution is 2.01. The van der Waals surface area contributed by atoms with Gasteiger partial charge in [0.25, 0.3) is 0 Å².